The number of nitrogens with zero attached hydrogens (tertiary/aromatic N) is 1. The lowest BCUT2D eigenvalue weighted by Crippen LogP contribution is -2.35. The van der Waals surface area contributed by atoms with Crippen LogP contribution in [0.4, 0.5) is 0 Å². The minimum atomic E-state index is 0. The highest BCUT2D eigenvalue weighted by atomic mass is 127. The van der Waals surface area contributed by atoms with Crippen molar-refractivity contribution in [1.29, 1.82) is 0 Å². The van der Waals surface area contributed by atoms with E-state index in [0.29, 0.717) is 6.61 Å². The molecule has 0 atom stereocenters. The van der Waals surface area contributed by atoms with Crippen molar-refractivity contribution in [2.45, 2.75) is 13.3 Å². The van der Waals surface area contributed by atoms with Gasteiger partial charge in [0.2, 0.25) is 0 Å². The van der Waals surface area contributed by atoms with Crippen LogP contribution in [0.2, 0.25) is 5.02 Å². The number of nitrogens with one attached hydrogen (secondary N) is 2. The van der Waals surface area contributed by atoms with Gasteiger partial charge >= 0.3 is 0 Å². The van der Waals surface area contributed by atoms with Crippen LogP contribution in [0, 0.1) is 6.92 Å². The average molecular weight is 398 g/mol. The monoisotopic (exact) mass is 397 g/mol. The first-order valence-electron chi connectivity index (χ1n) is 5.94. The molecule has 108 valence electrons. The van der Waals surface area contributed by atoms with E-state index in [4.69, 9.17) is 16.3 Å². The van der Waals surface area contributed by atoms with Gasteiger partial charge in [0.05, 0.1) is 6.61 Å². The van der Waals surface area contributed by atoms with E-state index in [1.807, 2.05) is 32.2 Å². The Morgan fingerprint density at radius 2 is 2.16 bits per heavy atom. The van der Waals surface area contributed by atoms with Crippen molar-refractivity contribution in [2.75, 3.05) is 27.2 Å². The van der Waals surface area contributed by atoms with Crippen molar-refractivity contribution in [1.82, 2.24) is 10.6 Å². The fourth-order valence-electron chi connectivity index (χ4n) is 1.52. The van der Waals surface area contributed by atoms with Gasteiger partial charge in [-0.25, -0.2) is 0 Å². The zero-order chi connectivity index (χ0) is 13.4. The largest absolute Gasteiger partial charge is 0.493 e. The summed E-state index contributed by atoms with van der Waals surface area (Å²) in [6.07, 6.45) is 0.906. The highest BCUT2D eigenvalue weighted by Gasteiger charge is 2.00. The van der Waals surface area contributed by atoms with Gasteiger partial charge in [0.25, 0.3) is 0 Å². The molecule has 0 amide bonds. The van der Waals surface area contributed by atoms with E-state index >= 15 is 0 Å². The third-order valence-electron chi connectivity index (χ3n) is 2.47. The van der Waals surface area contributed by atoms with Crippen LogP contribution in [-0.2, 0) is 0 Å². The summed E-state index contributed by atoms with van der Waals surface area (Å²) in [4.78, 5) is 4.03. The molecule has 6 heteroatoms. The van der Waals surface area contributed by atoms with Crippen molar-refractivity contribution < 1.29 is 4.74 Å². The summed E-state index contributed by atoms with van der Waals surface area (Å²) in [5.41, 5.74) is 1.06. The molecule has 0 aliphatic heterocycles. The van der Waals surface area contributed by atoms with E-state index in [1.54, 1.807) is 7.05 Å². The summed E-state index contributed by atoms with van der Waals surface area (Å²) >= 11 is 5.88. The number of hydrogen-bond acceptors (Lipinski definition) is 2. The Hall–Kier alpha value is -0.690. The number of halogens is 2. The van der Waals surface area contributed by atoms with Crippen molar-refractivity contribution >= 4 is 41.5 Å². The average Bonchev–Trinajstić information content (AvgIpc) is 2.36. The first-order chi connectivity index (χ1) is 8.67. The van der Waals surface area contributed by atoms with Crippen LogP contribution >= 0.6 is 35.6 Å². The lowest BCUT2D eigenvalue weighted by Gasteiger charge is -2.11. The number of rotatable bonds is 5. The molecular weight excluding hydrogens is 377 g/mol. The Labute approximate surface area is 137 Å². The Bertz CT molecular complexity index is 413. The predicted octanol–water partition coefficient (Wildman–Crippen LogP) is 2.83. The molecule has 0 aliphatic carbocycles. The molecule has 4 nitrogen and oxygen atoms in total. The zero-order valence-electron chi connectivity index (χ0n) is 11.5. The standard InChI is InChI=1S/C13H20ClN3O.HI/c1-10-9-11(14)5-6-12(10)18-8-4-7-17-13(15-2)16-3;/h5-6,9H,4,7-8H2,1-3H3,(H2,15,16,17);1H. The van der Waals surface area contributed by atoms with Crippen LogP contribution in [0.1, 0.15) is 12.0 Å². The van der Waals surface area contributed by atoms with Crippen molar-refractivity contribution in [3.63, 3.8) is 0 Å². The quantitative estimate of drug-likeness (QED) is 0.348. The number of benzene rings is 1. The topological polar surface area (TPSA) is 45.7 Å². The van der Waals surface area contributed by atoms with E-state index in [0.717, 1.165) is 35.3 Å². The second kappa shape index (κ2) is 10.1. The molecule has 0 bridgehead atoms. The number of aryl methyl sites for hydroxylation is 1. The molecule has 0 saturated heterocycles. The minimum Gasteiger partial charge on any atom is -0.493 e. The summed E-state index contributed by atoms with van der Waals surface area (Å²) in [5, 5.41) is 6.86. The van der Waals surface area contributed by atoms with Crippen LogP contribution in [0.3, 0.4) is 0 Å². The molecule has 1 aromatic carbocycles. The zero-order valence-corrected chi connectivity index (χ0v) is 14.6. The number of aliphatic imine (C=N–C) groups is 1. The van der Waals surface area contributed by atoms with Gasteiger partial charge in [0.1, 0.15) is 5.75 Å². The highest BCUT2D eigenvalue weighted by Crippen LogP contribution is 2.21. The molecule has 1 aromatic rings. The first-order valence-corrected chi connectivity index (χ1v) is 6.32. The Balaban J connectivity index is 0.00000324. The Kier molecular flexibility index (Phi) is 9.77. The molecule has 19 heavy (non-hydrogen) atoms. The second-order valence-electron chi connectivity index (χ2n) is 3.86. The first kappa shape index (κ1) is 18.3. The van der Waals surface area contributed by atoms with Crippen molar-refractivity contribution in [3.05, 3.63) is 28.8 Å². The Morgan fingerprint density at radius 1 is 1.42 bits per heavy atom. The normalized spacial score (nSPS) is 10.6. The molecular formula is C13H21ClIN3O. The van der Waals surface area contributed by atoms with Gasteiger partial charge in [0.15, 0.2) is 5.96 Å². The molecule has 2 N–H and O–H groups in total. The fourth-order valence-corrected chi connectivity index (χ4v) is 1.74. The van der Waals surface area contributed by atoms with Crippen LogP contribution in [0.15, 0.2) is 23.2 Å². The van der Waals surface area contributed by atoms with Gasteiger partial charge in [-0.05, 0) is 37.1 Å². The molecule has 0 heterocycles. The molecule has 0 unspecified atom stereocenters. The second-order valence-corrected chi connectivity index (χ2v) is 4.30. The van der Waals surface area contributed by atoms with E-state index in [9.17, 15) is 0 Å². The summed E-state index contributed by atoms with van der Waals surface area (Å²) in [6.45, 7) is 3.47. The molecule has 1 rings (SSSR count). The van der Waals surface area contributed by atoms with Crippen molar-refractivity contribution in [3.8, 4) is 5.75 Å². The maximum Gasteiger partial charge on any atom is 0.190 e. The van der Waals surface area contributed by atoms with E-state index < -0.39 is 0 Å². The smallest absolute Gasteiger partial charge is 0.190 e. The molecule has 0 saturated carbocycles. The van der Waals surface area contributed by atoms with Gasteiger partial charge in [-0.2, -0.15) is 0 Å². The molecule has 0 spiro atoms. The van der Waals surface area contributed by atoms with Crippen molar-refractivity contribution in [2.24, 2.45) is 4.99 Å². The van der Waals surface area contributed by atoms with Crippen LogP contribution < -0.4 is 15.4 Å². The third kappa shape index (κ3) is 6.87. The number of ether oxygens (including phenoxy) is 1. The van der Waals surface area contributed by atoms with E-state index in [-0.39, 0.29) is 24.0 Å². The summed E-state index contributed by atoms with van der Waals surface area (Å²) in [5.74, 6) is 1.68. The van der Waals surface area contributed by atoms with Crippen LogP contribution in [-0.4, -0.2) is 33.2 Å². The molecule has 0 aromatic heterocycles. The minimum absolute atomic E-state index is 0. The van der Waals surface area contributed by atoms with Gasteiger partial charge in [-0.3, -0.25) is 4.99 Å². The molecule has 0 radical (unpaired) electrons. The SMILES string of the molecule is CN=C(NC)NCCCOc1ccc(Cl)cc1C.I. The van der Waals surface area contributed by atoms with Crippen LogP contribution in [0.25, 0.3) is 0 Å². The highest BCUT2D eigenvalue weighted by molar-refractivity contribution is 14.0. The lowest BCUT2D eigenvalue weighted by atomic mass is 10.2. The maximum atomic E-state index is 5.88. The fraction of sp³-hybridized carbons (Fsp3) is 0.462. The van der Waals surface area contributed by atoms with Gasteiger partial charge in [-0.15, -0.1) is 24.0 Å². The van der Waals surface area contributed by atoms with Crippen LogP contribution in [0.5, 0.6) is 5.75 Å². The maximum absolute atomic E-state index is 5.88. The molecule has 0 aliphatic rings. The predicted molar refractivity (Wildman–Crippen MR) is 92.1 cm³/mol. The Morgan fingerprint density at radius 3 is 2.74 bits per heavy atom. The summed E-state index contributed by atoms with van der Waals surface area (Å²) in [6, 6.07) is 5.64. The van der Waals surface area contributed by atoms with Gasteiger partial charge in [0, 0.05) is 25.7 Å². The third-order valence-corrected chi connectivity index (χ3v) is 2.70. The molecule has 0 fully saturated rings. The van der Waals surface area contributed by atoms with E-state index in [1.165, 1.54) is 0 Å². The number of hydrogen-bond donors (Lipinski definition) is 2. The van der Waals surface area contributed by atoms with E-state index in [2.05, 4.69) is 15.6 Å². The summed E-state index contributed by atoms with van der Waals surface area (Å²) < 4.78 is 5.68. The van der Waals surface area contributed by atoms with Gasteiger partial charge in [-0.1, -0.05) is 11.6 Å². The lowest BCUT2D eigenvalue weighted by molar-refractivity contribution is 0.309. The number of guanidine groups is 1. The summed E-state index contributed by atoms with van der Waals surface area (Å²) in [7, 11) is 3.58. The van der Waals surface area contributed by atoms with Gasteiger partial charge < -0.3 is 15.4 Å².